The first-order chi connectivity index (χ1) is 9.06. The molecule has 106 valence electrons. The van der Waals surface area contributed by atoms with Crippen molar-refractivity contribution in [2.24, 2.45) is 0 Å². The molecule has 0 saturated carbocycles. The summed E-state index contributed by atoms with van der Waals surface area (Å²) in [6.07, 6.45) is 3.46. The lowest BCUT2D eigenvalue weighted by atomic mass is 10.2. The van der Waals surface area contributed by atoms with Crippen LogP contribution < -0.4 is 5.32 Å². The fraction of sp³-hybridized carbons (Fsp3) is 0.500. The van der Waals surface area contributed by atoms with E-state index < -0.39 is 10.7 Å². The van der Waals surface area contributed by atoms with Crippen molar-refractivity contribution in [2.75, 3.05) is 18.5 Å². The molecule has 0 spiro atoms. The van der Waals surface area contributed by atoms with E-state index in [1.165, 1.54) is 6.07 Å². The van der Waals surface area contributed by atoms with Crippen LogP contribution in [0.15, 0.2) is 16.6 Å². The predicted molar refractivity (Wildman–Crippen MR) is 74.8 cm³/mol. The molecule has 0 aliphatic rings. The number of halogens is 2. The first kappa shape index (κ1) is 15.8. The molecule has 0 aliphatic heterocycles. The zero-order valence-corrected chi connectivity index (χ0v) is 12.0. The topological polar surface area (TPSA) is 75.4 Å². The van der Waals surface area contributed by atoms with Gasteiger partial charge in [0.2, 0.25) is 0 Å². The fourth-order valence-corrected chi connectivity index (χ4v) is 1.99. The molecular weight excluding hydrogens is 319 g/mol. The van der Waals surface area contributed by atoms with Gasteiger partial charge >= 0.3 is 0 Å². The molecule has 0 aromatic heterocycles. The third-order valence-corrected chi connectivity index (χ3v) is 3.24. The summed E-state index contributed by atoms with van der Waals surface area (Å²) < 4.78 is 13.4. The Hall–Kier alpha value is -1.21. The van der Waals surface area contributed by atoms with Crippen LogP contribution in [-0.4, -0.2) is 23.2 Å². The SMILES string of the molecule is O=[N+]([O-])c1cc(F)c(Br)cc1NCCCCCCO. The Morgan fingerprint density at radius 3 is 2.63 bits per heavy atom. The van der Waals surface area contributed by atoms with Gasteiger partial charge in [-0.15, -0.1) is 0 Å². The van der Waals surface area contributed by atoms with E-state index in [0.29, 0.717) is 12.2 Å². The molecule has 19 heavy (non-hydrogen) atoms. The van der Waals surface area contributed by atoms with E-state index in [2.05, 4.69) is 21.2 Å². The fourth-order valence-electron chi connectivity index (χ4n) is 1.64. The Morgan fingerprint density at radius 1 is 1.32 bits per heavy atom. The molecule has 0 heterocycles. The van der Waals surface area contributed by atoms with E-state index >= 15 is 0 Å². The van der Waals surface area contributed by atoms with Gasteiger partial charge in [-0.2, -0.15) is 0 Å². The van der Waals surface area contributed by atoms with Crippen molar-refractivity contribution in [1.82, 2.24) is 0 Å². The van der Waals surface area contributed by atoms with Gasteiger partial charge in [-0.25, -0.2) is 4.39 Å². The van der Waals surface area contributed by atoms with Crippen molar-refractivity contribution in [1.29, 1.82) is 0 Å². The molecule has 0 bridgehead atoms. The molecule has 2 N–H and O–H groups in total. The van der Waals surface area contributed by atoms with Crippen molar-refractivity contribution >= 4 is 27.3 Å². The summed E-state index contributed by atoms with van der Waals surface area (Å²) in [6.45, 7) is 0.758. The average Bonchev–Trinajstić information content (AvgIpc) is 2.37. The van der Waals surface area contributed by atoms with E-state index in [9.17, 15) is 14.5 Å². The second-order valence-electron chi connectivity index (χ2n) is 4.11. The maximum absolute atomic E-state index is 13.2. The number of hydrogen-bond donors (Lipinski definition) is 2. The number of unbranched alkanes of at least 4 members (excludes halogenated alkanes) is 3. The summed E-state index contributed by atoms with van der Waals surface area (Å²) in [5, 5.41) is 22.4. The minimum Gasteiger partial charge on any atom is -0.396 e. The Balaban J connectivity index is 2.57. The highest BCUT2D eigenvalue weighted by Crippen LogP contribution is 2.30. The van der Waals surface area contributed by atoms with Gasteiger partial charge in [0.15, 0.2) is 0 Å². The van der Waals surface area contributed by atoms with E-state index in [0.717, 1.165) is 31.7 Å². The highest BCUT2D eigenvalue weighted by Gasteiger charge is 2.17. The minimum absolute atomic E-state index is 0.184. The van der Waals surface area contributed by atoms with Crippen molar-refractivity contribution in [3.8, 4) is 0 Å². The molecule has 1 aromatic carbocycles. The molecule has 0 radical (unpaired) electrons. The summed E-state index contributed by atoms with van der Waals surface area (Å²) in [5.74, 6) is -0.653. The van der Waals surface area contributed by atoms with Gasteiger partial charge in [0.25, 0.3) is 5.69 Å². The number of anilines is 1. The van der Waals surface area contributed by atoms with Crippen LogP contribution in [0.3, 0.4) is 0 Å². The molecule has 0 aliphatic carbocycles. The zero-order chi connectivity index (χ0) is 14.3. The molecule has 1 aromatic rings. The van der Waals surface area contributed by atoms with Crippen molar-refractivity contribution in [3.05, 3.63) is 32.5 Å². The standard InChI is InChI=1S/C12H16BrFN2O3/c13-9-7-11(12(16(18)19)8-10(9)14)15-5-3-1-2-4-6-17/h7-8,15,17H,1-6H2. The maximum Gasteiger partial charge on any atom is 0.295 e. The van der Waals surface area contributed by atoms with Crippen LogP contribution >= 0.6 is 15.9 Å². The second-order valence-corrected chi connectivity index (χ2v) is 4.96. The van der Waals surface area contributed by atoms with Gasteiger partial charge in [0, 0.05) is 13.2 Å². The number of aliphatic hydroxyl groups is 1. The number of benzene rings is 1. The second kappa shape index (κ2) is 8.06. The third kappa shape index (κ3) is 5.12. The van der Waals surface area contributed by atoms with E-state index in [1.807, 2.05) is 0 Å². The van der Waals surface area contributed by atoms with Crippen LogP contribution in [-0.2, 0) is 0 Å². The largest absolute Gasteiger partial charge is 0.396 e. The van der Waals surface area contributed by atoms with Crippen LogP contribution in [0.4, 0.5) is 15.8 Å². The smallest absolute Gasteiger partial charge is 0.295 e. The normalized spacial score (nSPS) is 10.5. The lowest BCUT2D eigenvalue weighted by Gasteiger charge is -2.08. The molecule has 0 saturated heterocycles. The number of nitrogens with one attached hydrogen (secondary N) is 1. The first-order valence-electron chi connectivity index (χ1n) is 6.04. The molecule has 0 amide bonds. The number of nitro groups is 1. The Morgan fingerprint density at radius 2 is 2.00 bits per heavy atom. The van der Waals surface area contributed by atoms with E-state index in [1.54, 1.807) is 0 Å². The summed E-state index contributed by atoms with van der Waals surface area (Å²) in [6, 6.07) is 2.28. The van der Waals surface area contributed by atoms with Crippen LogP contribution in [0.2, 0.25) is 0 Å². The van der Waals surface area contributed by atoms with E-state index in [4.69, 9.17) is 5.11 Å². The summed E-state index contributed by atoms with van der Waals surface area (Å²) in [5.41, 5.74) is 0.0384. The van der Waals surface area contributed by atoms with Crippen LogP contribution in [0.1, 0.15) is 25.7 Å². The Bertz CT molecular complexity index is 443. The molecule has 0 atom stereocenters. The molecule has 0 unspecified atom stereocenters. The summed E-state index contributed by atoms with van der Waals surface area (Å²) >= 11 is 3.01. The van der Waals surface area contributed by atoms with Crippen LogP contribution in [0.25, 0.3) is 0 Å². The van der Waals surface area contributed by atoms with Gasteiger partial charge in [0.1, 0.15) is 11.5 Å². The summed E-state index contributed by atoms with van der Waals surface area (Å²) in [7, 11) is 0. The number of nitrogens with zero attached hydrogens (tertiary/aromatic N) is 1. The quantitative estimate of drug-likeness (QED) is 0.433. The average molecular weight is 335 g/mol. The number of nitro benzene ring substituents is 1. The van der Waals surface area contributed by atoms with Gasteiger partial charge in [-0.05, 0) is 34.8 Å². The maximum atomic E-state index is 13.2. The zero-order valence-electron chi connectivity index (χ0n) is 10.4. The molecule has 1 rings (SSSR count). The molecule has 0 fully saturated rings. The molecule has 7 heteroatoms. The van der Waals surface area contributed by atoms with Gasteiger partial charge in [-0.1, -0.05) is 12.8 Å². The first-order valence-corrected chi connectivity index (χ1v) is 6.83. The predicted octanol–water partition coefficient (Wildman–Crippen LogP) is 3.46. The lowest BCUT2D eigenvalue weighted by Crippen LogP contribution is -2.05. The molecular formula is C12H16BrFN2O3. The van der Waals surface area contributed by atoms with E-state index in [-0.39, 0.29) is 16.8 Å². The molecule has 5 nitrogen and oxygen atoms in total. The monoisotopic (exact) mass is 334 g/mol. The highest BCUT2D eigenvalue weighted by molar-refractivity contribution is 9.10. The van der Waals surface area contributed by atoms with Crippen molar-refractivity contribution in [2.45, 2.75) is 25.7 Å². The highest BCUT2D eigenvalue weighted by atomic mass is 79.9. The Kier molecular flexibility index (Phi) is 6.72. The van der Waals surface area contributed by atoms with Crippen molar-refractivity contribution in [3.63, 3.8) is 0 Å². The number of rotatable bonds is 8. The van der Waals surface area contributed by atoms with Gasteiger partial charge in [-0.3, -0.25) is 10.1 Å². The minimum atomic E-state index is -0.653. The number of hydrogen-bond acceptors (Lipinski definition) is 4. The van der Waals surface area contributed by atoms with Gasteiger partial charge < -0.3 is 10.4 Å². The number of aliphatic hydroxyl groups excluding tert-OH is 1. The lowest BCUT2D eigenvalue weighted by molar-refractivity contribution is -0.384. The van der Waals surface area contributed by atoms with Gasteiger partial charge in [0.05, 0.1) is 15.5 Å². The van der Waals surface area contributed by atoms with Crippen molar-refractivity contribution < 1.29 is 14.4 Å². The summed E-state index contributed by atoms with van der Waals surface area (Å²) in [4.78, 5) is 10.2. The Labute approximate surface area is 119 Å². The van der Waals surface area contributed by atoms with Crippen LogP contribution in [0, 0.1) is 15.9 Å². The third-order valence-electron chi connectivity index (χ3n) is 2.64. The van der Waals surface area contributed by atoms with Crippen LogP contribution in [0.5, 0.6) is 0 Å².